The van der Waals surface area contributed by atoms with Gasteiger partial charge in [0, 0.05) is 36.5 Å². The van der Waals surface area contributed by atoms with Gasteiger partial charge in [-0.15, -0.1) is 5.10 Å². The first kappa shape index (κ1) is 21.5. The molecular formula is C18H20Cl2N5OS-. The second kappa shape index (κ2) is 11.1. The van der Waals surface area contributed by atoms with Gasteiger partial charge in [0.15, 0.2) is 0 Å². The molecular weight excluding hydrogens is 405 g/mol. The summed E-state index contributed by atoms with van der Waals surface area (Å²) in [5, 5.41) is 16.3. The van der Waals surface area contributed by atoms with Crippen LogP contribution in [0.2, 0.25) is 5.02 Å². The summed E-state index contributed by atoms with van der Waals surface area (Å²) >= 11 is 7.76. The van der Waals surface area contributed by atoms with E-state index in [2.05, 4.69) is 20.8 Å². The standard InChI is InChI=1S/C18H20ClN5OS.ClH/c1-24-18(21-22-23-24)26-10-9-20-12-15-11-16(19)7-8-17(15)25-13-14-5-3-2-4-6-14;/h2-8,11,20H,9-10,12-13H2,1H3;1H/p-1. The Morgan fingerprint density at radius 3 is 2.74 bits per heavy atom. The third-order valence-electron chi connectivity index (χ3n) is 3.67. The fourth-order valence-electron chi connectivity index (χ4n) is 2.34. The van der Waals surface area contributed by atoms with Crippen molar-refractivity contribution in [3.63, 3.8) is 0 Å². The fraction of sp³-hybridized carbons (Fsp3) is 0.278. The van der Waals surface area contributed by atoms with Crippen molar-refractivity contribution in [2.75, 3.05) is 12.3 Å². The van der Waals surface area contributed by atoms with Crippen molar-refractivity contribution in [1.29, 1.82) is 0 Å². The molecule has 1 aromatic heterocycles. The number of nitrogens with one attached hydrogen (secondary N) is 1. The number of aryl methyl sites for hydroxylation is 1. The number of thioether (sulfide) groups is 1. The molecule has 0 saturated heterocycles. The van der Waals surface area contributed by atoms with E-state index in [4.69, 9.17) is 16.3 Å². The third kappa shape index (κ3) is 6.70. The lowest BCUT2D eigenvalue weighted by Crippen LogP contribution is -3.00. The van der Waals surface area contributed by atoms with Crippen LogP contribution in [0.15, 0.2) is 53.7 Å². The number of nitrogens with zero attached hydrogens (tertiary/aromatic N) is 4. The van der Waals surface area contributed by atoms with Crippen LogP contribution in [0, 0.1) is 0 Å². The highest BCUT2D eigenvalue weighted by Crippen LogP contribution is 2.24. The molecule has 0 aliphatic rings. The molecule has 0 bridgehead atoms. The topological polar surface area (TPSA) is 64.9 Å². The molecule has 144 valence electrons. The Morgan fingerprint density at radius 2 is 2.00 bits per heavy atom. The van der Waals surface area contributed by atoms with Crippen molar-refractivity contribution in [1.82, 2.24) is 25.5 Å². The van der Waals surface area contributed by atoms with Gasteiger partial charge in [0.2, 0.25) is 5.16 Å². The Bertz CT molecular complexity index is 832. The average Bonchev–Trinajstić information content (AvgIpc) is 3.06. The first-order valence-electron chi connectivity index (χ1n) is 8.23. The molecule has 0 aliphatic carbocycles. The number of benzene rings is 2. The highest BCUT2D eigenvalue weighted by Gasteiger charge is 2.06. The van der Waals surface area contributed by atoms with Crippen molar-refractivity contribution in [2.45, 2.75) is 18.3 Å². The van der Waals surface area contributed by atoms with Gasteiger partial charge >= 0.3 is 0 Å². The summed E-state index contributed by atoms with van der Waals surface area (Å²) in [5.74, 6) is 1.71. The van der Waals surface area contributed by atoms with E-state index in [-0.39, 0.29) is 12.4 Å². The van der Waals surface area contributed by atoms with Crippen molar-refractivity contribution in [3.05, 3.63) is 64.7 Å². The first-order valence-corrected chi connectivity index (χ1v) is 9.60. The molecule has 3 rings (SSSR count). The van der Waals surface area contributed by atoms with Crippen LogP contribution in [-0.4, -0.2) is 32.5 Å². The second-order valence-corrected chi connectivity index (χ2v) is 7.14. The van der Waals surface area contributed by atoms with Crippen molar-refractivity contribution in [2.24, 2.45) is 7.05 Å². The largest absolute Gasteiger partial charge is 1.00 e. The second-order valence-electron chi connectivity index (χ2n) is 5.64. The molecule has 0 atom stereocenters. The molecule has 2 aromatic carbocycles. The molecule has 6 nitrogen and oxygen atoms in total. The molecule has 1 N–H and O–H groups in total. The molecule has 0 amide bonds. The zero-order valence-electron chi connectivity index (χ0n) is 14.8. The van der Waals surface area contributed by atoms with E-state index in [1.54, 1.807) is 16.4 Å². The van der Waals surface area contributed by atoms with E-state index in [0.29, 0.717) is 18.2 Å². The van der Waals surface area contributed by atoms with Gasteiger partial charge in [0.1, 0.15) is 12.4 Å². The molecule has 0 saturated carbocycles. The first-order chi connectivity index (χ1) is 12.7. The molecule has 0 unspecified atom stereocenters. The summed E-state index contributed by atoms with van der Waals surface area (Å²) in [6, 6.07) is 15.8. The maximum atomic E-state index is 6.15. The summed E-state index contributed by atoms with van der Waals surface area (Å²) in [4.78, 5) is 0. The average molecular weight is 425 g/mol. The van der Waals surface area contributed by atoms with Gasteiger partial charge in [0.05, 0.1) is 0 Å². The Balaban J connectivity index is 0.00000261. The van der Waals surface area contributed by atoms with E-state index in [1.807, 2.05) is 55.6 Å². The molecule has 27 heavy (non-hydrogen) atoms. The summed E-state index contributed by atoms with van der Waals surface area (Å²) in [5.41, 5.74) is 2.17. The highest BCUT2D eigenvalue weighted by atomic mass is 35.5. The lowest BCUT2D eigenvalue weighted by Gasteiger charge is -2.13. The monoisotopic (exact) mass is 424 g/mol. The molecule has 3 aromatic rings. The van der Waals surface area contributed by atoms with Crippen molar-refractivity contribution < 1.29 is 17.1 Å². The molecule has 0 spiro atoms. The summed E-state index contributed by atoms with van der Waals surface area (Å²) in [6.07, 6.45) is 0. The quantitative estimate of drug-likeness (QED) is 0.394. The summed E-state index contributed by atoms with van der Waals surface area (Å²) in [6.45, 7) is 2.04. The van der Waals surface area contributed by atoms with Gasteiger partial charge in [-0.2, -0.15) is 0 Å². The number of rotatable bonds is 9. The van der Waals surface area contributed by atoms with Gasteiger partial charge in [-0.05, 0) is 34.2 Å². The van der Waals surface area contributed by atoms with E-state index in [9.17, 15) is 0 Å². The van der Waals surface area contributed by atoms with Crippen LogP contribution >= 0.6 is 23.4 Å². The molecule has 0 radical (unpaired) electrons. The summed E-state index contributed by atoms with van der Waals surface area (Å²) < 4.78 is 7.64. The van der Waals surface area contributed by atoms with Gasteiger partial charge in [-0.3, -0.25) is 0 Å². The predicted molar refractivity (Wildman–Crippen MR) is 103 cm³/mol. The summed E-state index contributed by atoms with van der Waals surface area (Å²) in [7, 11) is 1.83. The lowest BCUT2D eigenvalue weighted by molar-refractivity contribution is -0.00000573. The van der Waals surface area contributed by atoms with Gasteiger partial charge in [-0.25, -0.2) is 4.68 Å². The van der Waals surface area contributed by atoms with E-state index in [1.165, 1.54) is 0 Å². The van der Waals surface area contributed by atoms with Crippen LogP contribution in [0.3, 0.4) is 0 Å². The molecule has 9 heteroatoms. The third-order valence-corrected chi connectivity index (χ3v) is 4.91. The maximum absolute atomic E-state index is 6.15. The van der Waals surface area contributed by atoms with Crippen LogP contribution in [0.5, 0.6) is 5.75 Å². The van der Waals surface area contributed by atoms with Crippen LogP contribution in [-0.2, 0) is 20.2 Å². The smallest absolute Gasteiger partial charge is 0.209 e. The van der Waals surface area contributed by atoms with Gasteiger partial charge in [-0.1, -0.05) is 53.7 Å². The highest BCUT2D eigenvalue weighted by molar-refractivity contribution is 7.99. The Hall–Kier alpha value is -1.80. The molecule has 1 heterocycles. The fourth-order valence-corrected chi connectivity index (χ4v) is 3.28. The Labute approximate surface area is 174 Å². The minimum absolute atomic E-state index is 0. The lowest BCUT2D eigenvalue weighted by atomic mass is 10.2. The van der Waals surface area contributed by atoms with E-state index < -0.39 is 0 Å². The number of hydrogen-bond acceptors (Lipinski definition) is 6. The van der Waals surface area contributed by atoms with Crippen molar-refractivity contribution >= 4 is 23.4 Å². The number of tetrazole rings is 1. The number of aromatic nitrogens is 4. The zero-order valence-corrected chi connectivity index (χ0v) is 17.1. The Kier molecular flexibility index (Phi) is 8.87. The minimum Gasteiger partial charge on any atom is -1.00 e. The Morgan fingerprint density at radius 1 is 1.19 bits per heavy atom. The van der Waals surface area contributed by atoms with Crippen LogP contribution in [0.4, 0.5) is 0 Å². The van der Waals surface area contributed by atoms with E-state index in [0.717, 1.165) is 34.3 Å². The normalized spacial score (nSPS) is 10.4. The predicted octanol–water partition coefficient (Wildman–Crippen LogP) is 0.328. The van der Waals surface area contributed by atoms with Crippen LogP contribution < -0.4 is 22.5 Å². The number of ether oxygens (including phenoxy) is 1. The van der Waals surface area contributed by atoms with Crippen molar-refractivity contribution in [3.8, 4) is 5.75 Å². The SMILES string of the molecule is Cn1nnnc1SCCNCc1cc(Cl)ccc1OCc1ccccc1.[Cl-]. The van der Waals surface area contributed by atoms with Gasteiger partial charge in [0.25, 0.3) is 0 Å². The van der Waals surface area contributed by atoms with Crippen LogP contribution in [0.1, 0.15) is 11.1 Å². The molecule has 0 fully saturated rings. The van der Waals surface area contributed by atoms with E-state index >= 15 is 0 Å². The molecule has 0 aliphatic heterocycles. The maximum Gasteiger partial charge on any atom is 0.209 e. The number of hydrogen-bond donors (Lipinski definition) is 1. The minimum atomic E-state index is 0. The van der Waals surface area contributed by atoms with Crippen LogP contribution in [0.25, 0.3) is 0 Å². The zero-order chi connectivity index (χ0) is 18.2. The van der Waals surface area contributed by atoms with Gasteiger partial charge < -0.3 is 22.5 Å². The number of halogens is 2.